The number of nitrogens with zero attached hydrogens (tertiary/aromatic N) is 1. The minimum absolute atomic E-state index is 0.187. The van der Waals surface area contributed by atoms with Gasteiger partial charge < -0.3 is 10.8 Å². The Kier molecular flexibility index (Phi) is 1.17. The molecule has 3 nitrogen and oxygen atoms in total. The highest BCUT2D eigenvalue weighted by Gasteiger charge is 2.41. The molecule has 0 radical (unpaired) electrons. The van der Waals surface area contributed by atoms with Gasteiger partial charge in [0.05, 0.1) is 17.4 Å². The van der Waals surface area contributed by atoms with Gasteiger partial charge in [-0.15, -0.1) is 0 Å². The second-order valence-electron chi connectivity index (χ2n) is 3.06. The Morgan fingerprint density at radius 2 is 2.18 bits per heavy atom. The third-order valence-electron chi connectivity index (χ3n) is 2.05. The Morgan fingerprint density at radius 3 is 2.64 bits per heavy atom. The van der Waals surface area contributed by atoms with Gasteiger partial charge in [-0.25, -0.2) is 0 Å². The number of hydrogen-bond donors (Lipinski definition) is 2. The van der Waals surface area contributed by atoms with E-state index in [2.05, 4.69) is 4.98 Å². The van der Waals surface area contributed by atoms with E-state index in [9.17, 15) is 0 Å². The lowest BCUT2D eigenvalue weighted by atomic mass is 10.2. The fourth-order valence-corrected chi connectivity index (χ4v) is 1.07. The number of hydrogen-bond acceptors (Lipinski definition) is 3. The SMILES string of the molecule is NC1(c2ccc(O)cn2)CC1. The highest BCUT2D eigenvalue weighted by Crippen LogP contribution is 2.41. The summed E-state index contributed by atoms with van der Waals surface area (Å²) in [5, 5.41) is 8.94. The first-order chi connectivity index (χ1) is 5.21. The third kappa shape index (κ3) is 1.07. The van der Waals surface area contributed by atoms with Crippen LogP contribution in [0.4, 0.5) is 0 Å². The topological polar surface area (TPSA) is 59.1 Å². The van der Waals surface area contributed by atoms with Crippen molar-refractivity contribution >= 4 is 0 Å². The van der Waals surface area contributed by atoms with E-state index >= 15 is 0 Å². The van der Waals surface area contributed by atoms with Crippen LogP contribution in [-0.4, -0.2) is 10.1 Å². The Labute approximate surface area is 64.9 Å². The Morgan fingerprint density at radius 1 is 1.45 bits per heavy atom. The van der Waals surface area contributed by atoms with Crippen LogP contribution < -0.4 is 5.73 Å². The van der Waals surface area contributed by atoms with Crippen molar-refractivity contribution in [2.75, 3.05) is 0 Å². The summed E-state index contributed by atoms with van der Waals surface area (Å²) in [4.78, 5) is 4.04. The van der Waals surface area contributed by atoms with Crippen LogP contribution in [0.3, 0.4) is 0 Å². The summed E-state index contributed by atoms with van der Waals surface area (Å²) < 4.78 is 0. The predicted octanol–water partition coefficient (Wildman–Crippen LogP) is 0.735. The smallest absolute Gasteiger partial charge is 0.133 e. The molecule has 0 aromatic carbocycles. The number of rotatable bonds is 1. The average molecular weight is 150 g/mol. The molecule has 0 amide bonds. The molecule has 0 atom stereocenters. The van der Waals surface area contributed by atoms with Crippen molar-refractivity contribution in [2.45, 2.75) is 18.4 Å². The van der Waals surface area contributed by atoms with E-state index in [0.717, 1.165) is 18.5 Å². The monoisotopic (exact) mass is 150 g/mol. The van der Waals surface area contributed by atoms with Gasteiger partial charge in [-0.05, 0) is 25.0 Å². The van der Waals surface area contributed by atoms with Crippen LogP contribution in [0.2, 0.25) is 0 Å². The van der Waals surface area contributed by atoms with Crippen LogP contribution in [0.15, 0.2) is 18.3 Å². The van der Waals surface area contributed by atoms with Crippen LogP contribution in [0.5, 0.6) is 5.75 Å². The Hall–Kier alpha value is -1.09. The molecule has 1 aliphatic carbocycles. The molecular formula is C8H10N2O. The molecule has 0 aliphatic heterocycles. The molecule has 1 aromatic rings. The predicted molar refractivity (Wildman–Crippen MR) is 41.0 cm³/mol. The van der Waals surface area contributed by atoms with E-state index in [1.165, 1.54) is 6.20 Å². The first-order valence-corrected chi connectivity index (χ1v) is 3.65. The van der Waals surface area contributed by atoms with Gasteiger partial charge >= 0.3 is 0 Å². The fourth-order valence-electron chi connectivity index (χ4n) is 1.07. The van der Waals surface area contributed by atoms with Crippen molar-refractivity contribution in [3.63, 3.8) is 0 Å². The molecule has 1 aliphatic rings. The van der Waals surface area contributed by atoms with Crippen molar-refractivity contribution in [1.82, 2.24) is 4.98 Å². The standard InChI is InChI=1S/C8H10N2O/c9-8(3-4-8)7-2-1-6(11)5-10-7/h1-2,5,11H,3-4,9H2. The van der Waals surface area contributed by atoms with Gasteiger partial charge in [0.1, 0.15) is 5.75 Å². The molecule has 1 fully saturated rings. The zero-order chi connectivity index (χ0) is 7.90. The van der Waals surface area contributed by atoms with Crippen LogP contribution >= 0.6 is 0 Å². The molecule has 0 spiro atoms. The van der Waals surface area contributed by atoms with E-state index < -0.39 is 0 Å². The summed E-state index contributed by atoms with van der Waals surface area (Å²) in [5.41, 5.74) is 6.57. The maximum atomic E-state index is 8.94. The molecule has 1 aromatic heterocycles. The van der Waals surface area contributed by atoms with E-state index in [1.54, 1.807) is 12.1 Å². The summed E-state index contributed by atoms with van der Waals surface area (Å²) in [6, 6.07) is 3.40. The van der Waals surface area contributed by atoms with Crippen molar-refractivity contribution in [3.05, 3.63) is 24.0 Å². The molecule has 1 saturated carbocycles. The first-order valence-electron chi connectivity index (χ1n) is 3.65. The van der Waals surface area contributed by atoms with Gasteiger partial charge in [0.2, 0.25) is 0 Å². The summed E-state index contributed by atoms with van der Waals surface area (Å²) in [7, 11) is 0. The van der Waals surface area contributed by atoms with Crippen molar-refractivity contribution in [3.8, 4) is 5.75 Å². The quantitative estimate of drug-likeness (QED) is 0.620. The van der Waals surface area contributed by atoms with Crippen molar-refractivity contribution in [1.29, 1.82) is 0 Å². The number of pyridine rings is 1. The first kappa shape index (κ1) is 6.61. The number of nitrogens with two attached hydrogens (primary N) is 1. The third-order valence-corrected chi connectivity index (χ3v) is 2.05. The largest absolute Gasteiger partial charge is 0.506 e. The normalized spacial score (nSPS) is 19.7. The second-order valence-corrected chi connectivity index (χ2v) is 3.06. The van der Waals surface area contributed by atoms with Gasteiger partial charge in [0.25, 0.3) is 0 Å². The van der Waals surface area contributed by atoms with Gasteiger partial charge in [-0.3, -0.25) is 4.98 Å². The number of aromatic nitrogens is 1. The zero-order valence-electron chi connectivity index (χ0n) is 6.12. The molecule has 3 N–H and O–H groups in total. The average Bonchev–Trinajstić information content (AvgIpc) is 2.70. The van der Waals surface area contributed by atoms with Crippen molar-refractivity contribution in [2.24, 2.45) is 5.73 Å². The maximum Gasteiger partial charge on any atom is 0.133 e. The minimum atomic E-state index is -0.187. The molecule has 58 valence electrons. The van der Waals surface area contributed by atoms with E-state index in [1.807, 2.05) is 0 Å². The summed E-state index contributed by atoms with van der Waals surface area (Å²) in [5.74, 6) is 0.193. The van der Waals surface area contributed by atoms with Crippen LogP contribution in [0.25, 0.3) is 0 Å². The lowest BCUT2D eigenvalue weighted by Crippen LogP contribution is -2.19. The van der Waals surface area contributed by atoms with Gasteiger partial charge in [0, 0.05) is 0 Å². The minimum Gasteiger partial charge on any atom is -0.506 e. The molecule has 0 unspecified atom stereocenters. The van der Waals surface area contributed by atoms with E-state index in [-0.39, 0.29) is 11.3 Å². The van der Waals surface area contributed by atoms with Gasteiger partial charge in [-0.2, -0.15) is 0 Å². The summed E-state index contributed by atoms with van der Waals surface area (Å²) in [6.45, 7) is 0. The molecule has 1 heterocycles. The molecular weight excluding hydrogens is 140 g/mol. The number of aromatic hydroxyl groups is 1. The molecule has 11 heavy (non-hydrogen) atoms. The molecule has 3 heteroatoms. The van der Waals surface area contributed by atoms with Gasteiger partial charge in [-0.1, -0.05) is 0 Å². The fraction of sp³-hybridized carbons (Fsp3) is 0.375. The van der Waals surface area contributed by atoms with Crippen LogP contribution in [0, 0.1) is 0 Å². The molecule has 2 rings (SSSR count). The highest BCUT2D eigenvalue weighted by molar-refractivity contribution is 5.26. The summed E-state index contributed by atoms with van der Waals surface area (Å²) >= 11 is 0. The van der Waals surface area contributed by atoms with E-state index in [0.29, 0.717) is 0 Å². The maximum absolute atomic E-state index is 8.94. The van der Waals surface area contributed by atoms with Crippen molar-refractivity contribution < 1.29 is 5.11 Å². The molecule has 0 bridgehead atoms. The second kappa shape index (κ2) is 1.95. The van der Waals surface area contributed by atoms with Crippen LogP contribution in [0.1, 0.15) is 18.5 Å². The Balaban J connectivity index is 2.33. The van der Waals surface area contributed by atoms with Crippen LogP contribution in [-0.2, 0) is 5.54 Å². The highest BCUT2D eigenvalue weighted by atomic mass is 16.3. The molecule has 0 saturated heterocycles. The van der Waals surface area contributed by atoms with Gasteiger partial charge in [0.15, 0.2) is 0 Å². The summed E-state index contributed by atoms with van der Waals surface area (Å²) in [6.07, 6.45) is 3.44. The Bertz CT molecular complexity index is 264. The lowest BCUT2D eigenvalue weighted by molar-refractivity contribution is 0.471. The van der Waals surface area contributed by atoms with E-state index in [4.69, 9.17) is 10.8 Å². The zero-order valence-corrected chi connectivity index (χ0v) is 6.12. The lowest BCUT2D eigenvalue weighted by Gasteiger charge is -2.06.